The molecule has 1 fully saturated rings. The minimum atomic E-state index is -3.47. The smallest absolute Gasteiger partial charge is 0.247 e. The third-order valence-electron chi connectivity index (χ3n) is 3.60. The third-order valence-corrected chi connectivity index (χ3v) is 5.81. The van der Waals surface area contributed by atoms with Crippen molar-refractivity contribution < 1.29 is 8.42 Å². The summed E-state index contributed by atoms with van der Waals surface area (Å²) in [5, 5.41) is 4.18. The summed E-state index contributed by atoms with van der Waals surface area (Å²) in [6.07, 6.45) is 1.72. The molecule has 2 heterocycles. The van der Waals surface area contributed by atoms with Crippen molar-refractivity contribution in [3.8, 4) is 0 Å². The molecule has 18 heavy (non-hydrogen) atoms. The summed E-state index contributed by atoms with van der Waals surface area (Å²) in [6.45, 7) is 4.43. The minimum absolute atomic E-state index is 0.0750. The standard InChI is InChI=1S/C11H20N4O2S/c1-8-11(9(2)14(3)13-8)18(16,17)15-6-4-5-10(15)7-12/h10H,4-7,12H2,1-3H3. The second kappa shape index (κ2) is 4.64. The summed E-state index contributed by atoms with van der Waals surface area (Å²) in [6, 6.07) is -0.0750. The van der Waals surface area contributed by atoms with Gasteiger partial charge in [0.25, 0.3) is 0 Å². The Kier molecular flexibility index (Phi) is 3.48. The number of hydrogen-bond acceptors (Lipinski definition) is 4. The van der Waals surface area contributed by atoms with E-state index in [4.69, 9.17) is 5.73 Å². The van der Waals surface area contributed by atoms with Gasteiger partial charge in [0.05, 0.1) is 11.4 Å². The Bertz CT molecular complexity index is 550. The van der Waals surface area contributed by atoms with Gasteiger partial charge in [0.1, 0.15) is 4.90 Å². The molecule has 0 saturated carbocycles. The number of rotatable bonds is 3. The molecule has 6 nitrogen and oxygen atoms in total. The van der Waals surface area contributed by atoms with Crippen molar-refractivity contribution in [1.29, 1.82) is 0 Å². The maximum atomic E-state index is 12.7. The van der Waals surface area contributed by atoms with Crippen LogP contribution in [0, 0.1) is 13.8 Å². The fourth-order valence-electron chi connectivity index (χ4n) is 2.61. The molecule has 2 rings (SSSR count). The number of sulfonamides is 1. The van der Waals surface area contributed by atoms with Gasteiger partial charge >= 0.3 is 0 Å². The quantitative estimate of drug-likeness (QED) is 0.849. The fraction of sp³-hybridized carbons (Fsp3) is 0.727. The summed E-state index contributed by atoms with van der Waals surface area (Å²) in [7, 11) is -1.71. The molecule has 0 aliphatic carbocycles. The van der Waals surface area contributed by atoms with Gasteiger partial charge in [0, 0.05) is 26.2 Å². The van der Waals surface area contributed by atoms with E-state index in [1.165, 1.54) is 4.31 Å². The zero-order valence-corrected chi connectivity index (χ0v) is 11.9. The maximum Gasteiger partial charge on any atom is 0.247 e. The van der Waals surface area contributed by atoms with Crippen LogP contribution in [-0.2, 0) is 17.1 Å². The zero-order chi connectivity index (χ0) is 13.5. The molecule has 0 aromatic carbocycles. The van der Waals surface area contributed by atoms with Crippen LogP contribution in [0.2, 0.25) is 0 Å². The van der Waals surface area contributed by atoms with Crippen LogP contribution in [0.4, 0.5) is 0 Å². The van der Waals surface area contributed by atoms with Gasteiger partial charge in [-0.1, -0.05) is 0 Å². The van der Waals surface area contributed by atoms with E-state index >= 15 is 0 Å². The first-order chi connectivity index (χ1) is 8.39. The number of aromatic nitrogens is 2. The maximum absolute atomic E-state index is 12.7. The number of nitrogens with zero attached hydrogens (tertiary/aromatic N) is 3. The first-order valence-corrected chi connectivity index (χ1v) is 7.55. The van der Waals surface area contributed by atoms with Crippen molar-refractivity contribution in [3.63, 3.8) is 0 Å². The number of nitrogens with two attached hydrogens (primary N) is 1. The molecule has 1 aliphatic rings. The summed E-state index contributed by atoms with van der Waals surface area (Å²) in [5.74, 6) is 0. The van der Waals surface area contributed by atoms with Gasteiger partial charge in [-0.2, -0.15) is 9.40 Å². The van der Waals surface area contributed by atoms with Gasteiger partial charge in [0.2, 0.25) is 10.0 Å². The van der Waals surface area contributed by atoms with Gasteiger partial charge < -0.3 is 5.73 Å². The van der Waals surface area contributed by atoms with Gasteiger partial charge in [-0.15, -0.1) is 0 Å². The lowest BCUT2D eigenvalue weighted by atomic mass is 10.2. The molecule has 1 unspecified atom stereocenters. The molecule has 1 saturated heterocycles. The van der Waals surface area contributed by atoms with Crippen molar-refractivity contribution in [2.45, 2.75) is 37.6 Å². The molecule has 1 aromatic heterocycles. The molecule has 7 heteroatoms. The zero-order valence-electron chi connectivity index (χ0n) is 11.0. The largest absolute Gasteiger partial charge is 0.329 e. The fourth-order valence-corrected chi connectivity index (χ4v) is 4.71. The topological polar surface area (TPSA) is 81.2 Å². The predicted molar refractivity (Wildman–Crippen MR) is 68.7 cm³/mol. The lowest BCUT2D eigenvalue weighted by Gasteiger charge is -2.22. The molecular formula is C11H20N4O2S. The second-order valence-electron chi connectivity index (χ2n) is 4.77. The van der Waals surface area contributed by atoms with Gasteiger partial charge in [0.15, 0.2) is 0 Å². The molecular weight excluding hydrogens is 252 g/mol. The normalized spacial score (nSPS) is 21.7. The lowest BCUT2D eigenvalue weighted by molar-refractivity contribution is 0.392. The summed E-state index contributed by atoms with van der Waals surface area (Å²) in [5.41, 5.74) is 6.88. The van der Waals surface area contributed by atoms with Crippen molar-refractivity contribution in [3.05, 3.63) is 11.4 Å². The highest BCUT2D eigenvalue weighted by atomic mass is 32.2. The van der Waals surface area contributed by atoms with Crippen LogP contribution in [0.25, 0.3) is 0 Å². The van der Waals surface area contributed by atoms with E-state index in [2.05, 4.69) is 5.10 Å². The molecule has 0 spiro atoms. The van der Waals surface area contributed by atoms with Crippen LogP contribution >= 0.6 is 0 Å². The Labute approximate surface area is 108 Å². The number of aryl methyl sites for hydroxylation is 2. The van der Waals surface area contributed by atoms with E-state index in [1.807, 2.05) is 0 Å². The molecule has 0 amide bonds. The average Bonchev–Trinajstić information content (AvgIpc) is 2.85. The van der Waals surface area contributed by atoms with E-state index in [0.717, 1.165) is 12.8 Å². The minimum Gasteiger partial charge on any atom is -0.329 e. The van der Waals surface area contributed by atoms with Crippen LogP contribution in [0.5, 0.6) is 0 Å². The first kappa shape index (κ1) is 13.5. The molecule has 0 bridgehead atoms. The Morgan fingerprint density at radius 1 is 1.44 bits per heavy atom. The highest BCUT2D eigenvalue weighted by Crippen LogP contribution is 2.28. The van der Waals surface area contributed by atoms with E-state index in [0.29, 0.717) is 29.4 Å². The van der Waals surface area contributed by atoms with Gasteiger partial charge in [-0.25, -0.2) is 8.42 Å². The molecule has 102 valence electrons. The van der Waals surface area contributed by atoms with Gasteiger partial charge in [-0.05, 0) is 26.7 Å². The van der Waals surface area contributed by atoms with Crippen LogP contribution in [0.1, 0.15) is 24.2 Å². The summed E-state index contributed by atoms with van der Waals surface area (Å²) in [4.78, 5) is 0.338. The van der Waals surface area contributed by atoms with Crippen molar-refractivity contribution in [2.75, 3.05) is 13.1 Å². The molecule has 2 N–H and O–H groups in total. The molecule has 1 atom stereocenters. The Morgan fingerprint density at radius 2 is 2.11 bits per heavy atom. The van der Waals surface area contributed by atoms with Crippen LogP contribution in [-0.4, -0.2) is 41.6 Å². The SMILES string of the molecule is Cc1nn(C)c(C)c1S(=O)(=O)N1CCCC1CN. The van der Waals surface area contributed by atoms with Crippen molar-refractivity contribution >= 4 is 10.0 Å². The Balaban J connectivity index is 2.48. The summed E-state index contributed by atoms with van der Waals surface area (Å²) < 4.78 is 28.5. The molecule has 0 radical (unpaired) electrons. The van der Waals surface area contributed by atoms with E-state index < -0.39 is 10.0 Å². The van der Waals surface area contributed by atoms with Crippen molar-refractivity contribution in [1.82, 2.24) is 14.1 Å². The van der Waals surface area contributed by atoms with E-state index in [1.54, 1.807) is 25.6 Å². The van der Waals surface area contributed by atoms with Crippen LogP contribution < -0.4 is 5.73 Å². The highest BCUT2D eigenvalue weighted by molar-refractivity contribution is 7.89. The first-order valence-electron chi connectivity index (χ1n) is 6.11. The average molecular weight is 272 g/mol. The second-order valence-corrected chi connectivity index (χ2v) is 6.60. The summed E-state index contributed by atoms with van der Waals surface area (Å²) >= 11 is 0. The Morgan fingerprint density at radius 3 is 2.61 bits per heavy atom. The lowest BCUT2D eigenvalue weighted by Crippen LogP contribution is -2.40. The molecule has 1 aliphatic heterocycles. The number of hydrogen-bond donors (Lipinski definition) is 1. The van der Waals surface area contributed by atoms with Crippen LogP contribution in [0.3, 0.4) is 0 Å². The monoisotopic (exact) mass is 272 g/mol. The van der Waals surface area contributed by atoms with E-state index in [9.17, 15) is 8.42 Å². The third kappa shape index (κ3) is 1.96. The molecule has 1 aromatic rings. The van der Waals surface area contributed by atoms with Gasteiger partial charge in [-0.3, -0.25) is 4.68 Å². The predicted octanol–water partition coefficient (Wildman–Crippen LogP) is 0.149. The van der Waals surface area contributed by atoms with Crippen LogP contribution in [0.15, 0.2) is 4.90 Å². The van der Waals surface area contributed by atoms with Crippen molar-refractivity contribution in [2.24, 2.45) is 12.8 Å². The highest BCUT2D eigenvalue weighted by Gasteiger charge is 2.37. The Hall–Kier alpha value is -0.920. The van der Waals surface area contributed by atoms with E-state index in [-0.39, 0.29) is 6.04 Å².